The highest BCUT2D eigenvalue weighted by Crippen LogP contribution is 2.66. The van der Waals surface area contributed by atoms with Gasteiger partial charge in [0.2, 0.25) is 0 Å². The Hall–Kier alpha value is -0.340. The van der Waals surface area contributed by atoms with E-state index >= 15 is 0 Å². The molecule has 26 heavy (non-hydrogen) atoms. The zero-order valence-electron chi connectivity index (χ0n) is 18.1. The second-order valence-corrected chi connectivity index (χ2v) is 10.9. The number of nitrogens with zero attached hydrogens (tertiary/aromatic N) is 1. The highest BCUT2D eigenvalue weighted by molar-refractivity contribution is 5.29. The van der Waals surface area contributed by atoms with Gasteiger partial charge >= 0.3 is 0 Å². The van der Waals surface area contributed by atoms with Crippen LogP contribution in [0.25, 0.3) is 0 Å². The van der Waals surface area contributed by atoms with E-state index in [0.29, 0.717) is 16.9 Å². The summed E-state index contributed by atoms with van der Waals surface area (Å²) in [6.07, 6.45) is 14.2. The number of allylic oxidation sites excluding steroid dienone is 1. The lowest BCUT2D eigenvalue weighted by molar-refractivity contribution is -0.104. The maximum Gasteiger partial charge on any atom is 0.0278 e. The molecule has 0 saturated heterocycles. The second-order valence-electron chi connectivity index (χ2n) is 10.9. The van der Waals surface area contributed by atoms with Crippen molar-refractivity contribution in [1.82, 2.24) is 10.2 Å². The van der Waals surface area contributed by atoms with Gasteiger partial charge in [-0.15, -0.1) is 0 Å². The number of fused-ring (bicyclic) bond motifs is 5. The lowest BCUT2D eigenvalue weighted by Gasteiger charge is -2.61. The molecule has 0 aromatic heterocycles. The molecular formula is C24H42N2. The van der Waals surface area contributed by atoms with Crippen molar-refractivity contribution in [3.8, 4) is 0 Å². The molecule has 148 valence electrons. The molecule has 0 aliphatic heterocycles. The molecule has 4 aliphatic carbocycles. The van der Waals surface area contributed by atoms with Gasteiger partial charge in [-0.05, 0) is 114 Å². The van der Waals surface area contributed by atoms with Crippen molar-refractivity contribution in [1.29, 1.82) is 0 Å². The summed E-state index contributed by atoms with van der Waals surface area (Å²) in [5.41, 5.74) is 2.85. The summed E-state index contributed by atoms with van der Waals surface area (Å²) in [6.45, 7) is 7.73. The van der Waals surface area contributed by atoms with Crippen LogP contribution in [0.1, 0.15) is 72.1 Å². The van der Waals surface area contributed by atoms with Crippen molar-refractivity contribution >= 4 is 0 Å². The minimum absolute atomic E-state index is 0.468. The Morgan fingerprint density at radius 2 is 1.85 bits per heavy atom. The van der Waals surface area contributed by atoms with Gasteiger partial charge < -0.3 is 10.2 Å². The minimum atomic E-state index is 0.468. The predicted octanol–water partition coefficient (Wildman–Crippen LogP) is 5.10. The van der Waals surface area contributed by atoms with Gasteiger partial charge in [0.25, 0.3) is 0 Å². The maximum absolute atomic E-state index is 3.59. The average molecular weight is 359 g/mol. The van der Waals surface area contributed by atoms with Crippen LogP contribution in [-0.4, -0.2) is 38.1 Å². The van der Waals surface area contributed by atoms with E-state index in [0.717, 1.165) is 29.7 Å². The molecule has 0 bridgehead atoms. The largest absolute Gasteiger partial charge is 0.317 e. The van der Waals surface area contributed by atoms with Crippen LogP contribution in [0.3, 0.4) is 0 Å². The molecule has 0 unspecified atom stereocenters. The Morgan fingerprint density at radius 3 is 2.54 bits per heavy atom. The third-order valence-corrected chi connectivity index (χ3v) is 9.94. The fourth-order valence-electron chi connectivity index (χ4n) is 8.05. The molecule has 8 atom stereocenters. The third kappa shape index (κ3) is 2.65. The SMILES string of the molecule is CN[C@H]1CC[C@@]2(C)[C@@H](CC[C@@H]3[C@@H]2CC[C@]2(C)C([C@H](C)N(C)C)=CC[C@@H]32)C1. The monoisotopic (exact) mass is 358 g/mol. The van der Waals surface area contributed by atoms with Crippen LogP contribution in [0.4, 0.5) is 0 Å². The summed E-state index contributed by atoms with van der Waals surface area (Å²) < 4.78 is 0. The van der Waals surface area contributed by atoms with E-state index < -0.39 is 0 Å². The number of hydrogen-bond donors (Lipinski definition) is 1. The zero-order valence-corrected chi connectivity index (χ0v) is 18.1. The van der Waals surface area contributed by atoms with E-state index in [4.69, 9.17) is 0 Å². The summed E-state index contributed by atoms with van der Waals surface area (Å²) in [5, 5.41) is 3.59. The van der Waals surface area contributed by atoms with E-state index in [2.05, 4.69) is 58.2 Å². The van der Waals surface area contributed by atoms with Crippen molar-refractivity contribution < 1.29 is 0 Å². The average Bonchev–Trinajstić information content (AvgIpc) is 2.97. The Labute approximate surface area is 162 Å². The molecule has 0 aromatic rings. The molecule has 3 saturated carbocycles. The van der Waals surface area contributed by atoms with Crippen LogP contribution in [-0.2, 0) is 0 Å². The summed E-state index contributed by atoms with van der Waals surface area (Å²) in [7, 11) is 6.67. The van der Waals surface area contributed by atoms with Gasteiger partial charge in [0, 0.05) is 12.1 Å². The molecule has 0 aromatic carbocycles. The van der Waals surface area contributed by atoms with E-state index in [1.807, 2.05) is 0 Å². The van der Waals surface area contributed by atoms with E-state index in [1.165, 1.54) is 51.4 Å². The summed E-state index contributed by atoms with van der Waals surface area (Å²) in [6, 6.07) is 1.37. The molecule has 2 nitrogen and oxygen atoms in total. The van der Waals surface area contributed by atoms with E-state index in [9.17, 15) is 0 Å². The first-order valence-electron chi connectivity index (χ1n) is 11.4. The van der Waals surface area contributed by atoms with Crippen molar-refractivity contribution in [2.24, 2.45) is 34.5 Å². The fraction of sp³-hybridized carbons (Fsp3) is 0.917. The van der Waals surface area contributed by atoms with E-state index in [-0.39, 0.29) is 0 Å². The van der Waals surface area contributed by atoms with Gasteiger partial charge in [0.05, 0.1) is 0 Å². The highest BCUT2D eigenvalue weighted by atomic mass is 15.1. The first-order chi connectivity index (χ1) is 12.3. The zero-order chi connectivity index (χ0) is 18.7. The first kappa shape index (κ1) is 19.0. The predicted molar refractivity (Wildman–Crippen MR) is 111 cm³/mol. The lowest BCUT2D eigenvalue weighted by atomic mass is 9.44. The molecule has 0 heterocycles. The molecule has 0 spiro atoms. The fourth-order valence-corrected chi connectivity index (χ4v) is 8.05. The molecule has 2 heteroatoms. The van der Waals surface area contributed by atoms with Gasteiger partial charge in [-0.2, -0.15) is 0 Å². The maximum atomic E-state index is 3.59. The second kappa shape index (κ2) is 6.62. The van der Waals surface area contributed by atoms with Crippen LogP contribution in [0.2, 0.25) is 0 Å². The van der Waals surface area contributed by atoms with Crippen LogP contribution < -0.4 is 5.32 Å². The first-order valence-corrected chi connectivity index (χ1v) is 11.4. The topological polar surface area (TPSA) is 15.3 Å². The third-order valence-electron chi connectivity index (χ3n) is 9.94. The summed E-state index contributed by atoms with van der Waals surface area (Å²) in [5.74, 6) is 3.84. The highest BCUT2D eigenvalue weighted by Gasteiger charge is 2.58. The van der Waals surface area contributed by atoms with Gasteiger partial charge in [-0.25, -0.2) is 0 Å². The van der Waals surface area contributed by atoms with Crippen LogP contribution in [0.15, 0.2) is 11.6 Å². The van der Waals surface area contributed by atoms with Crippen LogP contribution in [0, 0.1) is 34.5 Å². The number of hydrogen-bond acceptors (Lipinski definition) is 2. The Balaban J connectivity index is 1.56. The van der Waals surface area contributed by atoms with Gasteiger partial charge in [0.15, 0.2) is 0 Å². The lowest BCUT2D eigenvalue weighted by Crippen LogP contribution is -2.55. The number of likely N-dealkylation sites (N-methyl/N-ethyl adjacent to an activating group) is 1. The smallest absolute Gasteiger partial charge is 0.0278 e. The Morgan fingerprint density at radius 1 is 1.08 bits per heavy atom. The van der Waals surface area contributed by atoms with Crippen LogP contribution in [0.5, 0.6) is 0 Å². The molecule has 3 fully saturated rings. The Kier molecular flexibility index (Phi) is 4.84. The molecule has 4 rings (SSSR count). The standard InChI is InChI=1S/C24H42N2/c1-16(26(5)6)20-9-10-21-19-8-7-17-15-18(25-4)11-13-23(17,2)22(19)12-14-24(20,21)3/h9,16-19,21-22,25H,7-8,10-15H2,1-6H3/t16-,17-,18-,19-,21-,22-,23-,24+/m0/s1. The van der Waals surface area contributed by atoms with E-state index in [1.54, 1.807) is 5.57 Å². The molecule has 4 aliphatic rings. The number of nitrogens with one attached hydrogen (secondary N) is 1. The quantitative estimate of drug-likeness (QED) is 0.706. The summed E-state index contributed by atoms with van der Waals surface area (Å²) in [4.78, 5) is 2.42. The molecule has 0 amide bonds. The van der Waals surface area contributed by atoms with Crippen molar-refractivity contribution in [2.75, 3.05) is 21.1 Å². The van der Waals surface area contributed by atoms with Gasteiger partial charge in [-0.1, -0.05) is 25.5 Å². The van der Waals surface area contributed by atoms with Crippen molar-refractivity contribution in [3.63, 3.8) is 0 Å². The van der Waals surface area contributed by atoms with Crippen molar-refractivity contribution in [2.45, 2.75) is 84.2 Å². The molecule has 0 radical (unpaired) electrons. The minimum Gasteiger partial charge on any atom is -0.317 e. The molecule has 1 N–H and O–H groups in total. The van der Waals surface area contributed by atoms with Gasteiger partial charge in [-0.3, -0.25) is 0 Å². The molecular weight excluding hydrogens is 316 g/mol. The van der Waals surface area contributed by atoms with Crippen molar-refractivity contribution in [3.05, 3.63) is 11.6 Å². The normalized spacial score (nSPS) is 49.2. The van der Waals surface area contributed by atoms with Crippen LogP contribution >= 0.6 is 0 Å². The van der Waals surface area contributed by atoms with Gasteiger partial charge in [0.1, 0.15) is 0 Å². The Bertz CT molecular complexity index is 567. The summed E-state index contributed by atoms with van der Waals surface area (Å²) >= 11 is 0. The number of rotatable bonds is 3.